The molecule has 0 radical (unpaired) electrons. The van der Waals surface area contributed by atoms with Crippen molar-refractivity contribution in [1.29, 1.82) is 0 Å². The minimum absolute atomic E-state index is 0. The smallest absolute Gasteiger partial charge is 0.325 e. The molecule has 0 atom stereocenters. The minimum Gasteiger partial charge on any atom is -0.468 e. The first-order valence-electron chi connectivity index (χ1n) is 10.7. The standard InChI is InChI=1S/C25H31N3O2.ClH/c1-19-7-6-10-23(20(19)2)27-15-13-26(14-16-27)12-11-21-17-28(18-25(29)30-3)24-9-5-4-8-22(21)24;/h4-10,17H,11-16,18H2,1-3H3;1H. The number of methoxy groups -OCH3 is 1. The molecule has 0 bridgehead atoms. The number of rotatable bonds is 6. The van der Waals surface area contributed by atoms with Crippen LogP contribution in [0.25, 0.3) is 10.9 Å². The Morgan fingerprint density at radius 2 is 1.74 bits per heavy atom. The second kappa shape index (κ2) is 10.2. The number of aromatic nitrogens is 1. The van der Waals surface area contributed by atoms with Gasteiger partial charge < -0.3 is 14.2 Å². The van der Waals surface area contributed by atoms with E-state index in [1.165, 1.54) is 34.9 Å². The summed E-state index contributed by atoms with van der Waals surface area (Å²) < 4.78 is 6.87. The van der Waals surface area contributed by atoms with Crippen molar-refractivity contribution in [3.05, 3.63) is 65.4 Å². The molecule has 2 heterocycles. The first-order chi connectivity index (χ1) is 14.6. The van der Waals surface area contributed by atoms with E-state index in [9.17, 15) is 4.79 Å². The minimum atomic E-state index is -0.218. The van der Waals surface area contributed by atoms with Crippen molar-refractivity contribution in [3.8, 4) is 0 Å². The normalized spacial score (nSPS) is 14.5. The average Bonchev–Trinajstić information content (AvgIpc) is 3.12. The second-order valence-corrected chi connectivity index (χ2v) is 8.17. The number of para-hydroxylation sites is 1. The number of benzene rings is 2. The highest BCUT2D eigenvalue weighted by atomic mass is 35.5. The SMILES string of the molecule is COC(=O)Cn1cc(CCN2CCN(c3cccc(C)c3C)CC2)c2ccccc21.Cl. The molecule has 5 nitrogen and oxygen atoms in total. The molecule has 6 heteroatoms. The van der Waals surface area contributed by atoms with Crippen LogP contribution in [0.1, 0.15) is 16.7 Å². The zero-order valence-corrected chi connectivity index (χ0v) is 19.5. The molecule has 0 saturated carbocycles. The maximum absolute atomic E-state index is 11.8. The average molecular weight is 442 g/mol. The van der Waals surface area contributed by atoms with Gasteiger partial charge in [-0.3, -0.25) is 9.69 Å². The molecule has 1 aromatic heterocycles. The molecule has 4 rings (SSSR count). The molecular weight excluding hydrogens is 410 g/mol. The number of ether oxygens (including phenoxy) is 1. The molecule has 0 amide bonds. The summed E-state index contributed by atoms with van der Waals surface area (Å²) in [6, 6.07) is 14.9. The maximum Gasteiger partial charge on any atom is 0.325 e. The molecule has 2 aromatic carbocycles. The molecule has 1 aliphatic heterocycles. The molecule has 0 aliphatic carbocycles. The highest BCUT2D eigenvalue weighted by Crippen LogP contribution is 2.25. The van der Waals surface area contributed by atoms with Crippen LogP contribution in [0.3, 0.4) is 0 Å². The Labute approximate surface area is 191 Å². The highest BCUT2D eigenvalue weighted by Gasteiger charge is 2.19. The summed E-state index contributed by atoms with van der Waals surface area (Å²) in [5.41, 5.74) is 6.52. The Kier molecular flexibility index (Phi) is 7.63. The highest BCUT2D eigenvalue weighted by molar-refractivity contribution is 5.86. The predicted octanol–water partition coefficient (Wildman–Crippen LogP) is 4.22. The van der Waals surface area contributed by atoms with Crippen LogP contribution >= 0.6 is 12.4 Å². The first kappa shape index (κ1) is 23.2. The Morgan fingerprint density at radius 3 is 2.48 bits per heavy atom. The van der Waals surface area contributed by atoms with Crippen molar-refractivity contribution in [2.24, 2.45) is 0 Å². The molecule has 31 heavy (non-hydrogen) atoms. The van der Waals surface area contributed by atoms with E-state index in [1.54, 1.807) is 0 Å². The quantitative estimate of drug-likeness (QED) is 0.537. The van der Waals surface area contributed by atoms with Gasteiger partial charge in [-0.1, -0.05) is 30.3 Å². The van der Waals surface area contributed by atoms with Gasteiger partial charge in [0.2, 0.25) is 0 Å². The Hall–Kier alpha value is -2.50. The molecular formula is C25H32ClN3O2. The summed E-state index contributed by atoms with van der Waals surface area (Å²) in [7, 11) is 1.44. The van der Waals surface area contributed by atoms with Crippen molar-refractivity contribution in [2.45, 2.75) is 26.8 Å². The fourth-order valence-corrected chi connectivity index (χ4v) is 4.43. The number of piperazine rings is 1. The number of halogens is 1. The van der Waals surface area contributed by atoms with Gasteiger partial charge in [-0.25, -0.2) is 0 Å². The van der Waals surface area contributed by atoms with Crippen molar-refractivity contribution >= 4 is 35.0 Å². The van der Waals surface area contributed by atoms with Crippen LogP contribution in [0.2, 0.25) is 0 Å². The largest absolute Gasteiger partial charge is 0.468 e. The molecule has 1 saturated heterocycles. The predicted molar refractivity (Wildman–Crippen MR) is 129 cm³/mol. The van der Waals surface area contributed by atoms with E-state index in [0.29, 0.717) is 0 Å². The van der Waals surface area contributed by atoms with E-state index in [4.69, 9.17) is 4.74 Å². The van der Waals surface area contributed by atoms with E-state index in [-0.39, 0.29) is 24.9 Å². The fraction of sp³-hybridized carbons (Fsp3) is 0.400. The van der Waals surface area contributed by atoms with Crippen LogP contribution in [-0.4, -0.2) is 55.3 Å². The van der Waals surface area contributed by atoms with E-state index in [1.807, 2.05) is 10.6 Å². The number of fused-ring (bicyclic) bond motifs is 1. The second-order valence-electron chi connectivity index (χ2n) is 8.17. The number of nitrogens with zero attached hydrogens (tertiary/aromatic N) is 3. The Balaban J connectivity index is 0.00000272. The lowest BCUT2D eigenvalue weighted by Gasteiger charge is -2.37. The lowest BCUT2D eigenvalue weighted by Crippen LogP contribution is -2.47. The molecule has 3 aromatic rings. The number of hydrogen-bond acceptors (Lipinski definition) is 4. The number of aryl methyl sites for hydroxylation is 1. The van der Waals surface area contributed by atoms with Gasteiger partial charge in [0.05, 0.1) is 7.11 Å². The number of carbonyl (C=O) groups is 1. The van der Waals surface area contributed by atoms with E-state index in [2.05, 4.69) is 66.2 Å². The summed E-state index contributed by atoms with van der Waals surface area (Å²) >= 11 is 0. The summed E-state index contributed by atoms with van der Waals surface area (Å²) in [4.78, 5) is 16.8. The number of carbonyl (C=O) groups excluding carboxylic acids is 1. The summed E-state index contributed by atoms with van der Waals surface area (Å²) in [6.07, 6.45) is 3.10. The van der Waals surface area contributed by atoms with Gasteiger partial charge in [-0.15, -0.1) is 12.4 Å². The van der Waals surface area contributed by atoms with Crippen LogP contribution in [0.15, 0.2) is 48.7 Å². The van der Waals surface area contributed by atoms with Crippen LogP contribution in [0.4, 0.5) is 5.69 Å². The van der Waals surface area contributed by atoms with E-state index >= 15 is 0 Å². The molecule has 166 valence electrons. The van der Waals surface area contributed by atoms with E-state index < -0.39 is 0 Å². The molecule has 1 aliphatic rings. The topological polar surface area (TPSA) is 37.7 Å². The van der Waals surface area contributed by atoms with Crippen LogP contribution in [0.5, 0.6) is 0 Å². The van der Waals surface area contributed by atoms with Gasteiger partial charge in [0.25, 0.3) is 0 Å². The number of esters is 1. The number of anilines is 1. The van der Waals surface area contributed by atoms with Gasteiger partial charge in [0.15, 0.2) is 0 Å². The van der Waals surface area contributed by atoms with Crippen LogP contribution < -0.4 is 4.90 Å². The number of hydrogen-bond donors (Lipinski definition) is 0. The zero-order valence-electron chi connectivity index (χ0n) is 18.6. The van der Waals surface area contributed by atoms with Gasteiger partial charge >= 0.3 is 5.97 Å². The molecule has 0 unspecified atom stereocenters. The summed E-state index contributed by atoms with van der Waals surface area (Å²) in [5, 5.41) is 1.23. The fourth-order valence-electron chi connectivity index (χ4n) is 4.43. The van der Waals surface area contributed by atoms with Crippen molar-refractivity contribution in [1.82, 2.24) is 9.47 Å². The van der Waals surface area contributed by atoms with Gasteiger partial charge in [-0.05, 0) is 49.1 Å². The summed E-state index contributed by atoms with van der Waals surface area (Å²) in [5.74, 6) is -0.218. The van der Waals surface area contributed by atoms with Crippen LogP contribution in [-0.2, 0) is 22.5 Å². The Bertz CT molecular complexity index is 1040. The van der Waals surface area contributed by atoms with Gasteiger partial charge in [0.1, 0.15) is 6.54 Å². The Morgan fingerprint density at radius 1 is 1.00 bits per heavy atom. The molecule has 1 fully saturated rings. The van der Waals surface area contributed by atoms with Gasteiger partial charge in [-0.2, -0.15) is 0 Å². The van der Waals surface area contributed by atoms with Crippen molar-refractivity contribution < 1.29 is 9.53 Å². The van der Waals surface area contributed by atoms with Crippen molar-refractivity contribution in [2.75, 3.05) is 44.7 Å². The lowest BCUT2D eigenvalue weighted by atomic mass is 10.1. The molecule has 0 spiro atoms. The summed E-state index contributed by atoms with van der Waals surface area (Å²) in [6.45, 7) is 9.98. The lowest BCUT2D eigenvalue weighted by molar-refractivity contribution is -0.141. The maximum atomic E-state index is 11.8. The van der Waals surface area contributed by atoms with Crippen molar-refractivity contribution in [3.63, 3.8) is 0 Å². The third-order valence-corrected chi connectivity index (χ3v) is 6.38. The van der Waals surface area contributed by atoms with Gasteiger partial charge in [0, 0.05) is 55.5 Å². The molecule has 0 N–H and O–H groups in total. The van der Waals surface area contributed by atoms with Crippen LogP contribution in [0, 0.1) is 13.8 Å². The zero-order chi connectivity index (χ0) is 21.1. The monoisotopic (exact) mass is 441 g/mol. The third-order valence-electron chi connectivity index (χ3n) is 6.38. The van der Waals surface area contributed by atoms with E-state index in [0.717, 1.165) is 44.7 Å². The first-order valence-corrected chi connectivity index (χ1v) is 10.7. The third kappa shape index (κ3) is 5.05.